The number of hydrogen-bond acceptors (Lipinski definition) is 5. The van der Waals surface area contributed by atoms with E-state index in [1.165, 1.54) is 7.11 Å². The number of aliphatic imine (C=N–C) groups is 1. The fraction of sp³-hybridized carbons (Fsp3) is 0.400. The van der Waals surface area contributed by atoms with Gasteiger partial charge < -0.3 is 10.5 Å². The van der Waals surface area contributed by atoms with Gasteiger partial charge in [0, 0.05) is 7.11 Å². The first-order valence-corrected chi connectivity index (χ1v) is 4.39. The maximum absolute atomic E-state index is 11.0. The van der Waals surface area contributed by atoms with Crippen molar-refractivity contribution in [3.05, 3.63) is 11.2 Å². The maximum atomic E-state index is 11.0. The van der Waals surface area contributed by atoms with Crippen molar-refractivity contribution in [1.82, 2.24) is 0 Å². The first kappa shape index (κ1) is 8.22. The third kappa shape index (κ3) is 1.58. The van der Waals surface area contributed by atoms with Crippen molar-refractivity contribution in [2.24, 2.45) is 10.7 Å². The van der Waals surface area contributed by atoms with Crippen LogP contribution in [0.1, 0.15) is 0 Å². The largest absolute Gasteiger partial charge is 0.383 e. The molecular weight excluding hydrogens is 168 g/mol. The molecule has 0 fully saturated rings. The van der Waals surface area contributed by atoms with E-state index in [4.69, 9.17) is 5.73 Å². The average Bonchev–Trinajstić information content (AvgIpc) is 2.07. The van der Waals surface area contributed by atoms with Gasteiger partial charge in [0.2, 0.25) is 9.84 Å². The Labute approximate surface area is 64.5 Å². The molecule has 0 aromatic heterocycles. The van der Waals surface area contributed by atoms with Crippen molar-refractivity contribution in [3.63, 3.8) is 0 Å². The SMILES string of the molecule is COCC1=NC(N)=CS1(=O)=O. The summed E-state index contributed by atoms with van der Waals surface area (Å²) >= 11 is 0. The lowest BCUT2D eigenvalue weighted by Gasteiger charge is -1.95. The number of nitrogens with zero attached hydrogens (tertiary/aromatic N) is 1. The Hall–Kier alpha value is -0.880. The van der Waals surface area contributed by atoms with Gasteiger partial charge >= 0.3 is 0 Å². The topological polar surface area (TPSA) is 81.8 Å². The summed E-state index contributed by atoms with van der Waals surface area (Å²) in [6.07, 6.45) is 0. The molecule has 1 aliphatic heterocycles. The highest BCUT2D eigenvalue weighted by Gasteiger charge is 2.22. The molecule has 2 N–H and O–H groups in total. The fourth-order valence-corrected chi connectivity index (χ4v) is 1.72. The molecule has 11 heavy (non-hydrogen) atoms. The van der Waals surface area contributed by atoms with Crippen molar-refractivity contribution < 1.29 is 13.2 Å². The zero-order valence-electron chi connectivity index (χ0n) is 5.94. The lowest BCUT2D eigenvalue weighted by Crippen LogP contribution is -2.14. The van der Waals surface area contributed by atoms with Crippen molar-refractivity contribution >= 4 is 14.9 Å². The second-order valence-electron chi connectivity index (χ2n) is 2.03. The second-order valence-corrected chi connectivity index (χ2v) is 3.82. The van der Waals surface area contributed by atoms with E-state index in [0.29, 0.717) is 0 Å². The maximum Gasteiger partial charge on any atom is 0.219 e. The summed E-state index contributed by atoms with van der Waals surface area (Å²) < 4.78 is 26.6. The molecule has 5 nitrogen and oxygen atoms in total. The molecule has 0 aliphatic carbocycles. The van der Waals surface area contributed by atoms with Crippen LogP contribution in [0.15, 0.2) is 16.2 Å². The molecule has 0 spiro atoms. The highest BCUT2D eigenvalue weighted by Crippen LogP contribution is 2.09. The summed E-state index contributed by atoms with van der Waals surface area (Å²) in [5, 5.41) is 0.888. The Morgan fingerprint density at radius 2 is 2.36 bits per heavy atom. The first-order chi connectivity index (χ1) is 5.06. The first-order valence-electron chi connectivity index (χ1n) is 2.85. The standard InChI is InChI=1S/C5H8N2O3S/c1-10-2-5-7-4(6)3-11(5,8)9/h3H,2,6H2,1H3. The van der Waals surface area contributed by atoms with Crippen LogP contribution in [0, 0.1) is 0 Å². The zero-order valence-corrected chi connectivity index (χ0v) is 6.76. The summed E-state index contributed by atoms with van der Waals surface area (Å²) in [7, 11) is -1.97. The predicted molar refractivity (Wildman–Crippen MR) is 40.5 cm³/mol. The smallest absolute Gasteiger partial charge is 0.219 e. The third-order valence-electron chi connectivity index (χ3n) is 1.13. The van der Waals surface area contributed by atoms with Gasteiger partial charge in [-0.25, -0.2) is 13.4 Å². The van der Waals surface area contributed by atoms with Gasteiger partial charge in [0.05, 0.1) is 5.41 Å². The Kier molecular flexibility index (Phi) is 1.97. The summed E-state index contributed by atoms with van der Waals surface area (Å²) in [5.41, 5.74) is 5.17. The minimum absolute atomic E-state index is 0.0112. The van der Waals surface area contributed by atoms with E-state index in [1.807, 2.05) is 0 Å². The summed E-state index contributed by atoms with van der Waals surface area (Å²) in [4.78, 5) is 3.57. The minimum Gasteiger partial charge on any atom is -0.383 e. The number of ether oxygens (including phenoxy) is 1. The lowest BCUT2D eigenvalue weighted by molar-refractivity contribution is 0.247. The molecule has 6 heteroatoms. The van der Waals surface area contributed by atoms with Crippen LogP contribution in [-0.4, -0.2) is 27.2 Å². The summed E-state index contributed by atoms with van der Waals surface area (Å²) in [6.45, 7) is -0.0282. The molecule has 0 radical (unpaired) electrons. The van der Waals surface area contributed by atoms with E-state index in [0.717, 1.165) is 5.41 Å². The van der Waals surface area contributed by atoms with Gasteiger partial charge in [-0.2, -0.15) is 0 Å². The Morgan fingerprint density at radius 1 is 1.73 bits per heavy atom. The molecule has 0 atom stereocenters. The average molecular weight is 176 g/mol. The lowest BCUT2D eigenvalue weighted by atomic mass is 10.7. The Morgan fingerprint density at radius 3 is 2.73 bits per heavy atom. The number of methoxy groups -OCH3 is 1. The van der Waals surface area contributed by atoms with Crippen molar-refractivity contribution in [2.75, 3.05) is 13.7 Å². The fourth-order valence-electron chi connectivity index (χ4n) is 0.699. The number of rotatable bonds is 2. The molecule has 0 aromatic rings. The van der Waals surface area contributed by atoms with Gasteiger partial charge in [-0.05, 0) is 0 Å². The molecule has 0 unspecified atom stereocenters. The van der Waals surface area contributed by atoms with Gasteiger partial charge in [-0.3, -0.25) is 0 Å². The van der Waals surface area contributed by atoms with Crippen LogP contribution < -0.4 is 5.73 Å². The highest BCUT2D eigenvalue weighted by atomic mass is 32.2. The predicted octanol–water partition coefficient (Wildman–Crippen LogP) is -0.783. The Balaban J connectivity index is 2.95. The zero-order chi connectivity index (χ0) is 8.48. The van der Waals surface area contributed by atoms with Crippen LogP contribution in [0.25, 0.3) is 0 Å². The van der Waals surface area contributed by atoms with Gasteiger partial charge in [-0.1, -0.05) is 0 Å². The van der Waals surface area contributed by atoms with Crippen LogP contribution in [0.4, 0.5) is 0 Å². The molecule has 1 aliphatic rings. The van der Waals surface area contributed by atoms with Crippen LogP contribution in [0.2, 0.25) is 0 Å². The van der Waals surface area contributed by atoms with Gasteiger partial charge in [-0.15, -0.1) is 0 Å². The van der Waals surface area contributed by atoms with E-state index in [2.05, 4.69) is 9.73 Å². The molecule has 1 heterocycles. The highest BCUT2D eigenvalue weighted by molar-refractivity contribution is 8.09. The quantitative estimate of drug-likeness (QED) is 0.598. The number of nitrogens with two attached hydrogens (primary N) is 1. The molecule has 0 saturated heterocycles. The van der Waals surface area contributed by atoms with Crippen molar-refractivity contribution in [1.29, 1.82) is 0 Å². The molecule has 0 amide bonds. The third-order valence-corrected chi connectivity index (χ3v) is 2.54. The number of hydrogen-bond donors (Lipinski definition) is 1. The van der Waals surface area contributed by atoms with Crippen molar-refractivity contribution in [3.8, 4) is 0 Å². The van der Waals surface area contributed by atoms with Crippen LogP contribution in [-0.2, 0) is 14.6 Å². The van der Waals surface area contributed by atoms with E-state index < -0.39 is 9.84 Å². The van der Waals surface area contributed by atoms with Crippen LogP contribution in [0.5, 0.6) is 0 Å². The molecule has 0 saturated carbocycles. The minimum atomic E-state index is -3.36. The van der Waals surface area contributed by atoms with E-state index >= 15 is 0 Å². The molecule has 0 bridgehead atoms. The van der Waals surface area contributed by atoms with Gasteiger partial charge in [0.1, 0.15) is 12.4 Å². The summed E-state index contributed by atoms with van der Waals surface area (Å²) in [5.74, 6) is 0.0112. The van der Waals surface area contributed by atoms with Gasteiger partial charge in [0.15, 0.2) is 5.04 Å². The molecular formula is C5H8N2O3S. The van der Waals surface area contributed by atoms with Crippen molar-refractivity contribution in [2.45, 2.75) is 0 Å². The van der Waals surface area contributed by atoms with Crippen LogP contribution >= 0.6 is 0 Å². The van der Waals surface area contributed by atoms with E-state index in [1.54, 1.807) is 0 Å². The second kappa shape index (κ2) is 2.63. The monoisotopic (exact) mass is 176 g/mol. The van der Waals surface area contributed by atoms with Crippen LogP contribution in [0.3, 0.4) is 0 Å². The molecule has 62 valence electrons. The normalized spacial score (nSPS) is 21.2. The Bertz CT molecular complexity index is 315. The van der Waals surface area contributed by atoms with E-state index in [-0.39, 0.29) is 17.5 Å². The number of sulfone groups is 1. The molecule has 1 rings (SSSR count). The summed E-state index contributed by atoms with van der Waals surface area (Å²) in [6, 6.07) is 0. The van der Waals surface area contributed by atoms with Gasteiger partial charge in [0.25, 0.3) is 0 Å². The van der Waals surface area contributed by atoms with E-state index in [9.17, 15) is 8.42 Å². The molecule has 0 aromatic carbocycles.